The third kappa shape index (κ3) is 2.86. The minimum Gasteiger partial charge on any atom is -0.394 e. The molecule has 3 N–H and O–H groups in total. The van der Waals surface area contributed by atoms with Crippen molar-refractivity contribution >= 4 is 0 Å². The fourth-order valence-electron chi connectivity index (χ4n) is 3.83. The Morgan fingerprint density at radius 1 is 1.30 bits per heavy atom. The fraction of sp³-hybridized carbons (Fsp3) is 1.00. The fourth-order valence-corrected chi connectivity index (χ4v) is 3.83. The number of nitrogens with zero attached hydrogens (tertiary/aromatic N) is 1. The van der Waals surface area contributed by atoms with Gasteiger partial charge in [-0.2, -0.15) is 0 Å². The maximum Gasteiger partial charge on any atom is 0.114 e. The Hall–Kier alpha value is -0.240. The number of rotatable bonds is 4. The molecule has 0 aromatic heterocycles. The van der Waals surface area contributed by atoms with E-state index in [1.165, 1.54) is 0 Å². The van der Waals surface area contributed by atoms with E-state index in [-0.39, 0.29) is 36.5 Å². The molecule has 2 saturated heterocycles. The molecule has 2 rings (SSSR count). The van der Waals surface area contributed by atoms with Crippen LogP contribution in [0.2, 0.25) is 0 Å². The summed E-state index contributed by atoms with van der Waals surface area (Å²) in [6, 6.07) is 0.127. The van der Waals surface area contributed by atoms with Gasteiger partial charge in [0.15, 0.2) is 0 Å². The van der Waals surface area contributed by atoms with E-state index in [4.69, 9.17) is 14.6 Å². The van der Waals surface area contributed by atoms with Crippen LogP contribution >= 0.6 is 0 Å². The minimum atomic E-state index is -1.13. The molecule has 2 heterocycles. The first kappa shape index (κ1) is 16.1. The highest BCUT2D eigenvalue weighted by Gasteiger charge is 2.55. The Morgan fingerprint density at radius 2 is 1.95 bits per heavy atom. The van der Waals surface area contributed by atoms with Crippen molar-refractivity contribution in [1.82, 2.24) is 4.90 Å². The van der Waals surface area contributed by atoms with Crippen LogP contribution in [-0.4, -0.2) is 76.2 Å². The Kier molecular flexibility index (Phi) is 4.73. The molecule has 0 aromatic rings. The summed E-state index contributed by atoms with van der Waals surface area (Å²) in [6.45, 7) is 5.71. The highest BCUT2D eigenvalue weighted by Crippen LogP contribution is 2.42. The second-order valence-electron chi connectivity index (χ2n) is 6.40. The molecule has 2 aliphatic rings. The van der Waals surface area contributed by atoms with E-state index in [0.717, 1.165) is 6.42 Å². The summed E-state index contributed by atoms with van der Waals surface area (Å²) < 4.78 is 12.0. The molecular formula is C14H27NO5. The third-order valence-corrected chi connectivity index (χ3v) is 4.58. The zero-order valence-electron chi connectivity index (χ0n) is 12.7. The Balaban J connectivity index is 2.08. The van der Waals surface area contributed by atoms with Gasteiger partial charge >= 0.3 is 0 Å². The van der Waals surface area contributed by atoms with Gasteiger partial charge < -0.3 is 24.8 Å². The van der Waals surface area contributed by atoms with Crippen LogP contribution in [0.3, 0.4) is 0 Å². The first-order valence-electron chi connectivity index (χ1n) is 7.30. The zero-order valence-corrected chi connectivity index (χ0v) is 12.7. The summed E-state index contributed by atoms with van der Waals surface area (Å²) in [4.78, 5) is 2.07. The van der Waals surface area contributed by atoms with Gasteiger partial charge in [-0.05, 0) is 27.8 Å². The number of hydrogen-bond donors (Lipinski definition) is 3. The molecule has 0 saturated carbocycles. The molecule has 6 nitrogen and oxygen atoms in total. The molecule has 6 heteroatoms. The van der Waals surface area contributed by atoms with Gasteiger partial charge in [0.25, 0.3) is 0 Å². The van der Waals surface area contributed by atoms with Crippen molar-refractivity contribution in [3.05, 3.63) is 0 Å². The summed E-state index contributed by atoms with van der Waals surface area (Å²) >= 11 is 0. The van der Waals surface area contributed by atoms with E-state index in [9.17, 15) is 10.2 Å². The number of hydrogen-bond acceptors (Lipinski definition) is 6. The van der Waals surface area contributed by atoms with E-state index in [1.807, 2.05) is 20.9 Å². The number of likely N-dealkylation sites (N-methyl/N-ethyl adjacent to an activating group) is 1. The maximum absolute atomic E-state index is 9.88. The highest BCUT2D eigenvalue weighted by molar-refractivity contribution is 5.04. The van der Waals surface area contributed by atoms with Gasteiger partial charge in [-0.1, -0.05) is 0 Å². The van der Waals surface area contributed by atoms with E-state index in [1.54, 1.807) is 0 Å². The van der Waals surface area contributed by atoms with Crippen molar-refractivity contribution < 1.29 is 24.8 Å². The van der Waals surface area contributed by atoms with Gasteiger partial charge in [0.05, 0.1) is 36.6 Å². The van der Waals surface area contributed by atoms with Gasteiger partial charge in [-0.15, -0.1) is 0 Å². The summed E-state index contributed by atoms with van der Waals surface area (Å²) in [5.74, 6) is 0. The van der Waals surface area contributed by atoms with Crippen LogP contribution in [-0.2, 0) is 9.47 Å². The lowest BCUT2D eigenvalue weighted by Crippen LogP contribution is -2.56. The van der Waals surface area contributed by atoms with E-state index < -0.39 is 18.8 Å². The smallest absolute Gasteiger partial charge is 0.114 e. The monoisotopic (exact) mass is 289 g/mol. The predicted octanol–water partition coefficient (Wildman–Crippen LogP) is -0.297. The first-order valence-corrected chi connectivity index (χ1v) is 7.30. The first-order chi connectivity index (χ1) is 9.28. The van der Waals surface area contributed by atoms with Crippen molar-refractivity contribution in [1.29, 1.82) is 0 Å². The van der Waals surface area contributed by atoms with Crippen LogP contribution in [0.5, 0.6) is 0 Å². The molecule has 0 radical (unpaired) electrons. The second-order valence-corrected chi connectivity index (χ2v) is 6.40. The number of aliphatic hydroxyl groups excluding tert-OH is 3. The molecule has 0 bridgehead atoms. The van der Waals surface area contributed by atoms with Crippen molar-refractivity contribution in [3.63, 3.8) is 0 Å². The van der Waals surface area contributed by atoms with Crippen LogP contribution in [0.25, 0.3) is 0 Å². The molecule has 2 fully saturated rings. The largest absolute Gasteiger partial charge is 0.394 e. The molecular weight excluding hydrogens is 262 g/mol. The summed E-state index contributed by atoms with van der Waals surface area (Å²) in [6.07, 6.45) is -1.13. The average Bonchev–Trinajstić information content (AvgIpc) is 2.59. The van der Waals surface area contributed by atoms with Crippen LogP contribution in [0.1, 0.15) is 33.6 Å². The number of aliphatic hydroxyl groups is 3. The van der Waals surface area contributed by atoms with Crippen molar-refractivity contribution in [3.8, 4) is 0 Å². The highest BCUT2D eigenvalue weighted by atomic mass is 16.6. The molecule has 0 aromatic carbocycles. The molecule has 118 valence electrons. The minimum absolute atomic E-state index is 0.0543. The van der Waals surface area contributed by atoms with Crippen LogP contribution < -0.4 is 0 Å². The SMILES string of the molecule is CC1CC2(C)OC(CC(O)C(O)CO)N(C)C2C(C)O1. The predicted molar refractivity (Wildman–Crippen MR) is 73.2 cm³/mol. The molecule has 0 aliphatic carbocycles. The van der Waals surface area contributed by atoms with E-state index >= 15 is 0 Å². The summed E-state index contributed by atoms with van der Waals surface area (Å²) in [5.41, 5.74) is -0.305. The van der Waals surface area contributed by atoms with Gasteiger partial charge in [0, 0.05) is 12.8 Å². The van der Waals surface area contributed by atoms with Crippen LogP contribution in [0.4, 0.5) is 0 Å². The second kappa shape index (κ2) is 5.87. The van der Waals surface area contributed by atoms with E-state index in [0.29, 0.717) is 0 Å². The topological polar surface area (TPSA) is 82.4 Å². The Labute approximate surface area is 120 Å². The summed E-state index contributed by atoms with van der Waals surface area (Å²) in [5, 5.41) is 28.3. The van der Waals surface area contributed by atoms with Crippen molar-refractivity contribution in [2.75, 3.05) is 13.7 Å². The standard InChI is InChI=1S/C14H27NO5/c1-8-6-14(3)13(9(2)19-8)15(4)12(20-14)5-10(17)11(18)7-16/h8-13,16-18H,5-7H2,1-4H3. The Morgan fingerprint density at radius 3 is 2.55 bits per heavy atom. The summed E-state index contributed by atoms with van der Waals surface area (Å²) in [7, 11) is 1.95. The lowest BCUT2D eigenvalue weighted by molar-refractivity contribution is -0.144. The molecule has 7 atom stereocenters. The lowest BCUT2D eigenvalue weighted by Gasteiger charge is -2.43. The zero-order chi connectivity index (χ0) is 15.1. The van der Waals surface area contributed by atoms with Crippen LogP contribution in [0.15, 0.2) is 0 Å². The molecule has 2 aliphatic heterocycles. The van der Waals surface area contributed by atoms with Gasteiger partial charge in [0.2, 0.25) is 0 Å². The number of fused-ring (bicyclic) bond motifs is 1. The van der Waals surface area contributed by atoms with Gasteiger partial charge in [0.1, 0.15) is 12.3 Å². The quantitative estimate of drug-likeness (QED) is 0.659. The molecule has 0 spiro atoms. The van der Waals surface area contributed by atoms with Crippen molar-refractivity contribution in [2.24, 2.45) is 0 Å². The molecule has 7 unspecified atom stereocenters. The molecule has 20 heavy (non-hydrogen) atoms. The average molecular weight is 289 g/mol. The maximum atomic E-state index is 9.88. The number of ether oxygens (including phenoxy) is 2. The van der Waals surface area contributed by atoms with E-state index in [2.05, 4.69) is 11.8 Å². The third-order valence-electron chi connectivity index (χ3n) is 4.58. The van der Waals surface area contributed by atoms with Crippen LogP contribution in [0, 0.1) is 0 Å². The Bertz CT molecular complexity index is 342. The lowest BCUT2D eigenvalue weighted by atomic mass is 9.84. The molecule has 0 amide bonds. The van der Waals surface area contributed by atoms with Crippen molar-refractivity contribution in [2.45, 2.75) is 75.9 Å². The van der Waals surface area contributed by atoms with Gasteiger partial charge in [-0.3, -0.25) is 4.90 Å². The van der Waals surface area contributed by atoms with Gasteiger partial charge in [-0.25, -0.2) is 0 Å². The normalized spacial score (nSPS) is 45.1.